The third kappa shape index (κ3) is 5.27. The number of amides is 1. The monoisotopic (exact) mass is 422 g/mol. The van der Waals surface area contributed by atoms with Crippen LogP contribution < -0.4 is 4.31 Å². The van der Waals surface area contributed by atoms with E-state index >= 15 is 0 Å². The van der Waals surface area contributed by atoms with Gasteiger partial charge in [-0.15, -0.1) is 0 Å². The number of nitrogens with zero attached hydrogens (tertiary/aromatic N) is 2. The second kappa shape index (κ2) is 9.13. The van der Waals surface area contributed by atoms with Gasteiger partial charge < -0.3 is 4.90 Å². The zero-order valence-electron chi connectivity index (χ0n) is 17.4. The number of carbonyl (C=O) groups is 1. The smallest absolute Gasteiger partial charge is 0.254 e. The summed E-state index contributed by atoms with van der Waals surface area (Å²) in [6, 6.07) is 24.8. The Kier molecular flexibility index (Phi) is 6.57. The van der Waals surface area contributed by atoms with Crippen molar-refractivity contribution < 1.29 is 13.2 Å². The standard InChI is InChI=1S/C24H26N2O3S/c1-19-14-15-22(16-23(19)25(2)30(3,28)29)24(27)26(17-20-10-6-4-7-11-20)18-21-12-8-5-9-13-21/h4-16H,17-18H2,1-3H3. The summed E-state index contributed by atoms with van der Waals surface area (Å²) in [5.74, 6) is -0.147. The molecule has 0 saturated heterocycles. The summed E-state index contributed by atoms with van der Waals surface area (Å²) in [4.78, 5) is 15.2. The number of hydrogen-bond acceptors (Lipinski definition) is 3. The van der Waals surface area contributed by atoms with E-state index < -0.39 is 10.0 Å². The van der Waals surface area contributed by atoms with Crippen molar-refractivity contribution in [2.75, 3.05) is 17.6 Å². The molecule has 3 aromatic carbocycles. The zero-order chi connectivity index (χ0) is 21.7. The minimum absolute atomic E-state index is 0.147. The molecule has 3 rings (SSSR count). The molecule has 0 spiro atoms. The molecule has 156 valence electrons. The summed E-state index contributed by atoms with van der Waals surface area (Å²) in [5.41, 5.74) is 3.81. The molecule has 0 N–H and O–H groups in total. The van der Waals surface area contributed by atoms with Gasteiger partial charge >= 0.3 is 0 Å². The fraction of sp³-hybridized carbons (Fsp3) is 0.208. The molecule has 0 radical (unpaired) electrons. The van der Waals surface area contributed by atoms with Crippen molar-refractivity contribution in [3.05, 3.63) is 101 Å². The highest BCUT2D eigenvalue weighted by atomic mass is 32.2. The summed E-state index contributed by atoms with van der Waals surface area (Å²) in [7, 11) is -1.93. The topological polar surface area (TPSA) is 57.7 Å². The normalized spacial score (nSPS) is 11.2. The van der Waals surface area contributed by atoms with E-state index in [1.807, 2.05) is 67.6 Å². The third-order valence-corrected chi connectivity index (χ3v) is 6.20. The predicted octanol–water partition coefficient (Wildman–Crippen LogP) is 4.23. The Morgan fingerprint density at radius 1 is 0.833 bits per heavy atom. The van der Waals surface area contributed by atoms with Gasteiger partial charge in [0, 0.05) is 25.7 Å². The Bertz CT molecular complexity index is 1070. The fourth-order valence-corrected chi connectivity index (χ4v) is 3.80. The lowest BCUT2D eigenvalue weighted by atomic mass is 10.1. The van der Waals surface area contributed by atoms with Crippen LogP contribution in [0.1, 0.15) is 27.0 Å². The van der Waals surface area contributed by atoms with Gasteiger partial charge in [0.05, 0.1) is 11.9 Å². The predicted molar refractivity (Wildman–Crippen MR) is 121 cm³/mol. The van der Waals surface area contributed by atoms with Crippen LogP contribution in [0, 0.1) is 6.92 Å². The molecular formula is C24H26N2O3S. The first kappa shape index (κ1) is 21.6. The highest BCUT2D eigenvalue weighted by Gasteiger charge is 2.20. The summed E-state index contributed by atoms with van der Waals surface area (Å²) in [5, 5.41) is 0. The van der Waals surface area contributed by atoms with E-state index in [0.717, 1.165) is 22.9 Å². The molecule has 3 aromatic rings. The number of anilines is 1. The molecule has 0 aliphatic carbocycles. The lowest BCUT2D eigenvalue weighted by Crippen LogP contribution is -2.31. The van der Waals surface area contributed by atoms with Crippen molar-refractivity contribution in [1.29, 1.82) is 0 Å². The molecular weight excluding hydrogens is 396 g/mol. The number of carbonyl (C=O) groups excluding carboxylic acids is 1. The Labute approximate surface area is 178 Å². The van der Waals surface area contributed by atoms with Gasteiger partial charge in [-0.25, -0.2) is 8.42 Å². The van der Waals surface area contributed by atoms with Crippen molar-refractivity contribution >= 4 is 21.6 Å². The van der Waals surface area contributed by atoms with E-state index in [1.54, 1.807) is 23.1 Å². The van der Waals surface area contributed by atoms with E-state index in [0.29, 0.717) is 24.3 Å². The molecule has 0 aromatic heterocycles. The lowest BCUT2D eigenvalue weighted by molar-refractivity contribution is 0.0730. The Balaban J connectivity index is 1.96. The molecule has 0 bridgehead atoms. The largest absolute Gasteiger partial charge is 0.330 e. The number of aryl methyl sites for hydroxylation is 1. The van der Waals surface area contributed by atoms with Crippen molar-refractivity contribution in [2.45, 2.75) is 20.0 Å². The molecule has 1 amide bonds. The molecule has 5 nitrogen and oxygen atoms in total. The van der Waals surface area contributed by atoms with Gasteiger partial charge in [0.15, 0.2) is 0 Å². The van der Waals surface area contributed by atoms with Crippen LogP contribution in [0.3, 0.4) is 0 Å². The van der Waals surface area contributed by atoms with Crippen LogP contribution in [0.25, 0.3) is 0 Å². The first-order valence-electron chi connectivity index (χ1n) is 9.67. The van der Waals surface area contributed by atoms with Crippen LogP contribution >= 0.6 is 0 Å². The highest BCUT2D eigenvalue weighted by molar-refractivity contribution is 7.92. The SMILES string of the molecule is Cc1ccc(C(=O)N(Cc2ccccc2)Cc2ccccc2)cc1N(C)S(C)(=O)=O. The second-order valence-corrected chi connectivity index (χ2v) is 9.38. The molecule has 0 unspecified atom stereocenters. The van der Waals surface area contributed by atoms with E-state index in [9.17, 15) is 13.2 Å². The minimum atomic E-state index is -3.43. The lowest BCUT2D eigenvalue weighted by Gasteiger charge is -2.25. The van der Waals surface area contributed by atoms with Crippen LogP contribution in [0.2, 0.25) is 0 Å². The van der Waals surface area contributed by atoms with Gasteiger partial charge in [-0.05, 0) is 35.7 Å². The van der Waals surface area contributed by atoms with E-state index in [1.165, 1.54) is 11.4 Å². The minimum Gasteiger partial charge on any atom is -0.330 e. The molecule has 0 aliphatic heterocycles. The average Bonchev–Trinajstić information content (AvgIpc) is 2.73. The summed E-state index contributed by atoms with van der Waals surface area (Å²) < 4.78 is 25.2. The molecule has 30 heavy (non-hydrogen) atoms. The van der Waals surface area contributed by atoms with Crippen LogP contribution in [-0.2, 0) is 23.1 Å². The average molecular weight is 423 g/mol. The quantitative estimate of drug-likeness (QED) is 0.572. The molecule has 0 aliphatic rings. The van der Waals surface area contributed by atoms with Crippen LogP contribution in [0.15, 0.2) is 78.9 Å². The van der Waals surface area contributed by atoms with E-state index in [2.05, 4.69) is 0 Å². The molecule has 0 heterocycles. The van der Waals surface area contributed by atoms with Crippen molar-refractivity contribution in [3.63, 3.8) is 0 Å². The first-order valence-corrected chi connectivity index (χ1v) is 11.5. The van der Waals surface area contributed by atoms with E-state index in [4.69, 9.17) is 0 Å². The van der Waals surface area contributed by atoms with Crippen molar-refractivity contribution in [3.8, 4) is 0 Å². The number of sulfonamides is 1. The third-order valence-electron chi connectivity index (χ3n) is 5.01. The van der Waals surface area contributed by atoms with E-state index in [-0.39, 0.29) is 5.91 Å². The van der Waals surface area contributed by atoms with Crippen LogP contribution in [0.5, 0.6) is 0 Å². The Morgan fingerprint density at radius 3 is 1.80 bits per heavy atom. The molecule has 0 atom stereocenters. The van der Waals surface area contributed by atoms with Gasteiger partial charge in [0.1, 0.15) is 0 Å². The van der Waals surface area contributed by atoms with Gasteiger partial charge in [0.2, 0.25) is 10.0 Å². The van der Waals surface area contributed by atoms with Gasteiger partial charge in [-0.2, -0.15) is 0 Å². The molecule has 0 fully saturated rings. The summed E-state index contributed by atoms with van der Waals surface area (Å²) >= 11 is 0. The first-order chi connectivity index (χ1) is 14.3. The van der Waals surface area contributed by atoms with Crippen LogP contribution in [0.4, 0.5) is 5.69 Å². The maximum absolute atomic E-state index is 13.4. The summed E-state index contributed by atoms with van der Waals surface area (Å²) in [6.45, 7) is 2.75. The Morgan fingerprint density at radius 2 is 1.33 bits per heavy atom. The highest BCUT2D eigenvalue weighted by Crippen LogP contribution is 2.24. The van der Waals surface area contributed by atoms with Gasteiger partial charge in [-0.1, -0.05) is 66.7 Å². The maximum atomic E-state index is 13.4. The molecule has 0 saturated carbocycles. The van der Waals surface area contributed by atoms with Gasteiger partial charge in [0.25, 0.3) is 5.91 Å². The fourth-order valence-electron chi connectivity index (χ4n) is 3.25. The molecule has 6 heteroatoms. The number of hydrogen-bond donors (Lipinski definition) is 0. The second-order valence-electron chi connectivity index (χ2n) is 7.36. The maximum Gasteiger partial charge on any atom is 0.254 e. The van der Waals surface area contributed by atoms with Crippen molar-refractivity contribution in [2.24, 2.45) is 0 Å². The summed E-state index contributed by atoms with van der Waals surface area (Å²) in [6.07, 6.45) is 1.15. The number of rotatable bonds is 7. The van der Waals surface area contributed by atoms with Gasteiger partial charge in [-0.3, -0.25) is 9.10 Å². The van der Waals surface area contributed by atoms with Crippen molar-refractivity contribution in [1.82, 2.24) is 4.90 Å². The number of benzene rings is 3. The Hall–Kier alpha value is -3.12. The zero-order valence-corrected chi connectivity index (χ0v) is 18.3. The van der Waals surface area contributed by atoms with Crippen LogP contribution in [-0.4, -0.2) is 32.5 Å².